The standard InChI is InChI=1S/C10H7Cl2NS/c11-8-2-1-7(9(12)6-8)5-10-13-3-4-14-10/h1-4,6H,5H2. The van der Waals surface area contributed by atoms with Crippen LogP contribution >= 0.6 is 34.5 Å². The van der Waals surface area contributed by atoms with E-state index in [1.807, 2.05) is 17.5 Å². The molecule has 0 aliphatic carbocycles. The highest BCUT2D eigenvalue weighted by molar-refractivity contribution is 7.09. The molecule has 0 saturated heterocycles. The van der Waals surface area contributed by atoms with Crippen LogP contribution in [-0.2, 0) is 6.42 Å². The number of nitrogens with zero attached hydrogens (tertiary/aromatic N) is 1. The third kappa shape index (κ3) is 2.27. The van der Waals surface area contributed by atoms with Crippen molar-refractivity contribution in [3.05, 3.63) is 50.4 Å². The molecule has 1 aromatic heterocycles. The van der Waals surface area contributed by atoms with Crippen LogP contribution in [0, 0.1) is 0 Å². The summed E-state index contributed by atoms with van der Waals surface area (Å²) < 4.78 is 0. The maximum absolute atomic E-state index is 6.04. The second kappa shape index (κ2) is 4.30. The van der Waals surface area contributed by atoms with Crippen molar-refractivity contribution in [1.82, 2.24) is 4.98 Å². The Hall–Kier alpha value is -0.570. The third-order valence-electron chi connectivity index (χ3n) is 1.84. The van der Waals surface area contributed by atoms with Crippen molar-refractivity contribution >= 4 is 34.5 Å². The molecule has 0 spiro atoms. The SMILES string of the molecule is Clc1ccc(Cc2nccs2)c(Cl)c1. The molecule has 0 saturated carbocycles. The molecule has 1 nitrogen and oxygen atoms in total. The van der Waals surface area contributed by atoms with Crippen LogP contribution in [0.3, 0.4) is 0 Å². The molecular weight excluding hydrogens is 237 g/mol. The van der Waals surface area contributed by atoms with Crippen molar-refractivity contribution in [1.29, 1.82) is 0 Å². The number of aromatic nitrogens is 1. The van der Waals surface area contributed by atoms with E-state index in [4.69, 9.17) is 23.2 Å². The molecule has 4 heteroatoms. The summed E-state index contributed by atoms with van der Waals surface area (Å²) in [5.74, 6) is 0. The van der Waals surface area contributed by atoms with E-state index in [9.17, 15) is 0 Å². The molecule has 1 heterocycles. The van der Waals surface area contributed by atoms with E-state index in [0.717, 1.165) is 17.0 Å². The fraction of sp³-hybridized carbons (Fsp3) is 0.100. The van der Waals surface area contributed by atoms with Gasteiger partial charge in [0.2, 0.25) is 0 Å². The number of thiazole rings is 1. The highest BCUT2D eigenvalue weighted by atomic mass is 35.5. The van der Waals surface area contributed by atoms with E-state index in [1.54, 1.807) is 23.6 Å². The van der Waals surface area contributed by atoms with Crippen LogP contribution in [0.25, 0.3) is 0 Å². The molecule has 0 radical (unpaired) electrons. The van der Waals surface area contributed by atoms with Crippen molar-refractivity contribution < 1.29 is 0 Å². The number of hydrogen-bond acceptors (Lipinski definition) is 2. The maximum atomic E-state index is 6.04. The minimum absolute atomic E-state index is 0.665. The largest absolute Gasteiger partial charge is 0.249 e. The van der Waals surface area contributed by atoms with Crippen LogP contribution in [0.4, 0.5) is 0 Å². The molecule has 0 aliphatic rings. The molecule has 14 heavy (non-hydrogen) atoms. The van der Waals surface area contributed by atoms with E-state index < -0.39 is 0 Å². The van der Waals surface area contributed by atoms with E-state index in [2.05, 4.69) is 4.98 Å². The first-order valence-electron chi connectivity index (χ1n) is 4.08. The van der Waals surface area contributed by atoms with E-state index >= 15 is 0 Å². The van der Waals surface area contributed by atoms with Crippen LogP contribution in [0.1, 0.15) is 10.6 Å². The van der Waals surface area contributed by atoms with Crippen LogP contribution in [0.5, 0.6) is 0 Å². The third-order valence-corrected chi connectivity index (χ3v) is 3.21. The molecule has 2 rings (SSSR count). The quantitative estimate of drug-likeness (QED) is 0.776. The van der Waals surface area contributed by atoms with Crippen molar-refractivity contribution in [3.63, 3.8) is 0 Å². The molecule has 0 fully saturated rings. The van der Waals surface area contributed by atoms with Crippen LogP contribution in [0.2, 0.25) is 10.0 Å². The molecule has 1 aromatic carbocycles. The minimum Gasteiger partial charge on any atom is -0.249 e. The average molecular weight is 244 g/mol. The molecule has 0 amide bonds. The first kappa shape index (κ1) is 9.97. The van der Waals surface area contributed by atoms with Gasteiger partial charge in [0.25, 0.3) is 0 Å². The summed E-state index contributed by atoms with van der Waals surface area (Å²) in [6, 6.07) is 5.54. The lowest BCUT2D eigenvalue weighted by Crippen LogP contribution is -1.87. The van der Waals surface area contributed by atoms with Gasteiger partial charge in [-0.25, -0.2) is 4.98 Å². The maximum Gasteiger partial charge on any atom is 0.0969 e. The molecular formula is C10H7Cl2NS. The Morgan fingerprint density at radius 3 is 2.79 bits per heavy atom. The van der Waals surface area contributed by atoms with Gasteiger partial charge < -0.3 is 0 Å². The van der Waals surface area contributed by atoms with Crippen molar-refractivity contribution in [2.24, 2.45) is 0 Å². The molecule has 0 bridgehead atoms. The zero-order valence-electron chi connectivity index (χ0n) is 7.21. The average Bonchev–Trinajstić information content (AvgIpc) is 2.62. The molecule has 2 aromatic rings. The Labute approximate surface area is 96.3 Å². The van der Waals surface area contributed by atoms with Crippen molar-refractivity contribution in [3.8, 4) is 0 Å². The predicted octanol–water partition coefficient (Wildman–Crippen LogP) is 4.04. The first-order valence-corrected chi connectivity index (χ1v) is 5.71. The molecule has 0 atom stereocenters. The lowest BCUT2D eigenvalue weighted by Gasteiger charge is -2.01. The smallest absolute Gasteiger partial charge is 0.0969 e. The van der Waals surface area contributed by atoms with E-state index in [1.165, 1.54) is 0 Å². The summed E-state index contributed by atoms with van der Waals surface area (Å²) in [7, 11) is 0. The molecule has 0 aliphatic heterocycles. The zero-order chi connectivity index (χ0) is 9.97. The fourth-order valence-electron chi connectivity index (χ4n) is 1.17. The summed E-state index contributed by atoms with van der Waals surface area (Å²) in [4.78, 5) is 4.20. The first-order chi connectivity index (χ1) is 6.75. The van der Waals surface area contributed by atoms with Gasteiger partial charge >= 0.3 is 0 Å². The minimum atomic E-state index is 0.665. The van der Waals surface area contributed by atoms with Gasteiger partial charge in [-0.1, -0.05) is 29.3 Å². The molecule has 0 N–H and O–H groups in total. The van der Waals surface area contributed by atoms with Gasteiger partial charge in [0.05, 0.1) is 5.01 Å². The lowest BCUT2D eigenvalue weighted by molar-refractivity contribution is 1.14. The number of hydrogen-bond donors (Lipinski definition) is 0. The van der Waals surface area contributed by atoms with Crippen molar-refractivity contribution in [2.75, 3.05) is 0 Å². The summed E-state index contributed by atoms with van der Waals surface area (Å²) in [6.07, 6.45) is 2.57. The van der Waals surface area contributed by atoms with Gasteiger partial charge in [-0.05, 0) is 17.7 Å². The van der Waals surface area contributed by atoms with E-state index in [-0.39, 0.29) is 0 Å². The van der Waals surface area contributed by atoms with Crippen LogP contribution in [0.15, 0.2) is 29.8 Å². The molecule has 0 unspecified atom stereocenters. The highest BCUT2D eigenvalue weighted by Gasteiger charge is 2.03. The summed E-state index contributed by atoms with van der Waals surface area (Å²) in [5, 5.41) is 4.39. The van der Waals surface area contributed by atoms with Gasteiger partial charge in [-0.3, -0.25) is 0 Å². The van der Waals surface area contributed by atoms with Gasteiger partial charge in [-0.15, -0.1) is 11.3 Å². The fourth-order valence-corrected chi connectivity index (χ4v) is 2.28. The van der Waals surface area contributed by atoms with Gasteiger partial charge in [0, 0.05) is 28.0 Å². The Morgan fingerprint density at radius 2 is 2.14 bits per heavy atom. The Bertz CT molecular complexity index is 426. The topological polar surface area (TPSA) is 12.9 Å². The Morgan fingerprint density at radius 1 is 1.29 bits per heavy atom. The zero-order valence-corrected chi connectivity index (χ0v) is 9.53. The monoisotopic (exact) mass is 243 g/mol. The van der Waals surface area contributed by atoms with Crippen LogP contribution < -0.4 is 0 Å². The van der Waals surface area contributed by atoms with Crippen molar-refractivity contribution in [2.45, 2.75) is 6.42 Å². The summed E-state index contributed by atoms with van der Waals surface area (Å²) >= 11 is 13.5. The Kier molecular flexibility index (Phi) is 3.06. The number of halogens is 2. The normalized spacial score (nSPS) is 10.4. The number of rotatable bonds is 2. The molecule has 72 valence electrons. The highest BCUT2D eigenvalue weighted by Crippen LogP contribution is 2.23. The van der Waals surface area contributed by atoms with Gasteiger partial charge in [0.15, 0.2) is 0 Å². The lowest BCUT2D eigenvalue weighted by atomic mass is 10.1. The van der Waals surface area contributed by atoms with Crippen LogP contribution in [-0.4, -0.2) is 4.98 Å². The number of benzene rings is 1. The van der Waals surface area contributed by atoms with Gasteiger partial charge in [-0.2, -0.15) is 0 Å². The predicted molar refractivity (Wildman–Crippen MR) is 61.4 cm³/mol. The summed E-state index contributed by atoms with van der Waals surface area (Å²) in [5.41, 5.74) is 1.06. The van der Waals surface area contributed by atoms with E-state index in [0.29, 0.717) is 10.0 Å². The second-order valence-electron chi connectivity index (χ2n) is 2.84. The Balaban J connectivity index is 2.25. The summed E-state index contributed by atoms with van der Waals surface area (Å²) in [6.45, 7) is 0. The second-order valence-corrected chi connectivity index (χ2v) is 4.66. The van der Waals surface area contributed by atoms with Gasteiger partial charge in [0.1, 0.15) is 0 Å².